The number of rotatable bonds is 3. The molecular weight excluding hydrogens is 231 g/mol. The van der Waals surface area contributed by atoms with E-state index >= 15 is 0 Å². The van der Waals surface area contributed by atoms with Crippen molar-refractivity contribution in [2.24, 2.45) is 0 Å². The van der Waals surface area contributed by atoms with Crippen LogP contribution in [0.4, 0.5) is 4.39 Å². The SMILES string of the molecule is CC.CC.Cc1ccc(F)c(OCC(C)(C)O)c1. The van der Waals surface area contributed by atoms with Gasteiger partial charge in [-0.05, 0) is 38.5 Å². The average molecular weight is 258 g/mol. The van der Waals surface area contributed by atoms with Crippen LogP contribution in [0.25, 0.3) is 0 Å². The molecule has 106 valence electrons. The zero-order chi connectivity index (χ0) is 14.8. The second kappa shape index (κ2) is 9.89. The Labute approximate surface area is 111 Å². The van der Waals surface area contributed by atoms with Crippen LogP contribution in [0.5, 0.6) is 5.75 Å². The first-order valence-electron chi connectivity index (χ1n) is 6.50. The molecule has 3 heteroatoms. The Balaban J connectivity index is 0. The van der Waals surface area contributed by atoms with Gasteiger partial charge in [0.05, 0.1) is 5.60 Å². The number of aliphatic hydroxyl groups is 1. The summed E-state index contributed by atoms with van der Waals surface area (Å²) in [4.78, 5) is 0. The molecule has 0 bridgehead atoms. The molecule has 0 atom stereocenters. The summed E-state index contributed by atoms with van der Waals surface area (Å²) in [5, 5.41) is 9.39. The van der Waals surface area contributed by atoms with E-state index in [0.717, 1.165) is 5.56 Å². The topological polar surface area (TPSA) is 29.5 Å². The van der Waals surface area contributed by atoms with Gasteiger partial charge in [-0.2, -0.15) is 0 Å². The molecule has 0 heterocycles. The van der Waals surface area contributed by atoms with Crippen LogP contribution in [-0.4, -0.2) is 17.3 Å². The van der Waals surface area contributed by atoms with Crippen molar-refractivity contribution < 1.29 is 14.2 Å². The van der Waals surface area contributed by atoms with Gasteiger partial charge in [-0.1, -0.05) is 33.8 Å². The molecule has 1 aromatic rings. The van der Waals surface area contributed by atoms with Crippen LogP contribution in [0.2, 0.25) is 0 Å². The van der Waals surface area contributed by atoms with Crippen LogP contribution in [0.1, 0.15) is 47.1 Å². The highest BCUT2D eigenvalue weighted by Crippen LogP contribution is 2.19. The molecule has 0 aromatic heterocycles. The zero-order valence-corrected chi connectivity index (χ0v) is 12.7. The lowest BCUT2D eigenvalue weighted by molar-refractivity contribution is 0.0271. The molecule has 0 aliphatic heterocycles. The van der Waals surface area contributed by atoms with Gasteiger partial charge in [0.25, 0.3) is 0 Å². The highest BCUT2D eigenvalue weighted by molar-refractivity contribution is 5.29. The molecule has 0 saturated carbocycles. The number of hydrogen-bond donors (Lipinski definition) is 1. The van der Waals surface area contributed by atoms with Gasteiger partial charge in [0.15, 0.2) is 11.6 Å². The Bertz CT molecular complexity index is 317. The fraction of sp³-hybridized carbons (Fsp3) is 0.600. The quantitative estimate of drug-likeness (QED) is 0.874. The van der Waals surface area contributed by atoms with Gasteiger partial charge in [0, 0.05) is 0 Å². The third kappa shape index (κ3) is 8.99. The van der Waals surface area contributed by atoms with Crippen LogP contribution in [0.3, 0.4) is 0 Å². The Morgan fingerprint density at radius 2 is 1.67 bits per heavy atom. The summed E-state index contributed by atoms with van der Waals surface area (Å²) >= 11 is 0. The third-order valence-electron chi connectivity index (χ3n) is 1.67. The van der Waals surface area contributed by atoms with E-state index in [9.17, 15) is 9.50 Å². The van der Waals surface area contributed by atoms with E-state index in [4.69, 9.17) is 4.74 Å². The molecule has 0 unspecified atom stereocenters. The van der Waals surface area contributed by atoms with E-state index in [1.165, 1.54) is 6.07 Å². The normalized spacial score (nSPS) is 9.61. The fourth-order valence-corrected chi connectivity index (χ4v) is 0.976. The molecule has 18 heavy (non-hydrogen) atoms. The molecule has 0 aliphatic rings. The van der Waals surface area contributed by atoms with Gasteiger partial charge in [-0.3, -0.25) is 0 Å². The van der Waals surface area contributed by atoms with Crippen LogP contribution >= 0.6 is 0 Å². The lowest BCUT2D eigenvalue weighted by Gasteiger charge is -2.18. The van der Waals surface area contributed by atoms with Crippen molar-refractivity contribution in [3.8, 4) is 5.75 Å². The van der Waals surface area contributed by atoms with E-state index in [0.29, 0.717) is 0 Å². The molecule has 1 N–H and O–H groups in total. The van der Waals surface area contributed by atoms with E-state index in [2.05, 4.69) is 0 Å². The monoisotopic (exact) mass is 258 g/mol. The van der Waals surface area contributed by atoms with E-state index in [1.807, 2.05) is 34.6 Å². The molecule has 0 amide bonds. The Morgan fingerprint density at radius 1 is 1.17 bits per heavy atom. The van der Waals surface area contributed by atoms with Crippen LogP contribution in [0.15, 0.2) is 18.2 Å². The predicted molar refractivity (Wildman–Crippen MR) is 75.6 cm³/mol. The van der Waals surface area contributed by atoms with E-state index in [1.54, 1.807) is 26.0 Å². The average Bonchev–Trinajstić information content (AvgIpc) is 2.34. The van der Waals surface area contributed by atoms with Crippen molar-refractivity contribution in [3.63, 3.8) is 0 Å². The summed E-state index contributed by atoms with van der Waals surface area (Å²) in [6.07, 6.45) is 0. The van der Waals surface area contributed by atoms with Gasteiger partial charge in [-0.15, -0.1) is 0 Å². The molecule has 0 fully saturated rings. The zero-order valence-electron chi connectivity index (χ0n) is 12.7. The molecule has 0 spiro atoms. The second-order valence-corrected chi connectivity index (χ2v) is 4.03. The summed E-state index contributed by atoms with van der Waals surface area (Å²) in [5.74, 6) is -0.216. The predicted octanol–water partition coefficient (Wildman–Crippen LogP) is 4.34. The van der Waals surface area contributed by atoms with Crippen LogP contribution in [0, 0.1) is 12.7 Å². The van der Waals surface area contributed by atoms with Gasteiger partial charge in [0.2, 0.25) is 0 Å². The van der Waals surface area contributed by atoms with Gasteiger partial charge in [-0.25, -0.2) is 4.39 Å². The highest BCUT2D eigenvalue weighted by Gasteiger charge is 2.14. The summed E-state index contributed by atoms with van der Waals surface area (Å²) in [6, 6.07) is 4.64. The minimum absolute atomic E-state index is 0.0768. The van der Waals surface area contributed by atoms with Gasteiger partial charge >= 0.3 is 0 Å². The smallest absolute Gasteiger partial charge is 0.165 e. The fourth-order valence-electron chi connectivity index (χ4n) is 0.976. The molecule has 0 radical (unpaired) electrons. The first-order valence-corrected chi connectivity index (χ1v) is 6.50. The number of halogens is 1. The summed E-state index contributed by atoms with van der Waals surface area (Å²) < 4.78 is 18.3. The third-order valence-corrected chi connectivity index (χ3v) is 1.67. The van der Waals surface area contributed by atoms with Crippen LogP contribution in [-0.2, 0) is 0 Å². The Kier molecular flexibility index (Phi) is 10.6. The summed E-state index contributed by atoms with van der Waals surface area (Å²) in [6.45, 7) is 13.2. The molecule has 0 saturated heterocycles. The van der Waals surface area contributed by atoms with Crippen LogP contribution < -0.4 is 4.74 Å². The number of ether oxygens (including phenoxy) is 1. The first-order chi connectivity index (χ1) is 8.38. The second-order valence-electron chi connectivity index (χ2n) is 4.03. The molecule has 0 aliphatic carbocycles. The van der Waals surface area contributed by atoms with E-state index < -0.39 is 11.4 Å². The molecular formula is C15H27FO2. The molecule has 1 rings (SSSR count). The summed E-state index contributed by atoms with van der Waals surface area (Å²) in [5.41, 5.74) is -0.0203. The summed E-state index contributed by atoms with van der Waals surface area (Å²) in [7, 11) is 0. The molecule has 1 aromatic carbocycles. The minimum atomic E-state index is -0.948. The largest absolute Gasteiger partial charge is 0.488 e. The van der Waals surface area contributed by atoms with Crippen molar-refractivity contribution in [1.82, 2.24) is 0 Å². The standard InChI is InChI=1S/C11H15FO2.2C2H6/c1-8-4-5-9(12)10(6-8)14-7-11(2,3)13;2*1-2/h4-6,13H,7H2,1-3H3;2*1-2H3. The maximum Gasteiger partial charge on any atom is 0.165 e. The van der Waals surface area contributed by atoms with Crippen molar-refractivity contribution in [2.45, 2.75) is 54.1 Å². The Hall–Kier alpha value is -1.09. The van der Waals surface area contributed by atoms with Crippen molar-refractivity contribution >= 4 is 0 Å². The Morgan fingerprint density at radius 3 is 2.11 bits per heavy atom. The lowest BCUT2D eigenvalue weighted by atomic mass is 10.1. The number of benzene rings is 1. The highest BCUT2D eigenvalue weighted by atomic mass is 19.1. The van der Waals surface area contributed by atoms with Crippen molar-refractivity contribution in [1.29, 1.82) is 0 Å². The van der Waals surface area contributed by atoms with Crippen molar-refractivity contribution in [2.75, 3.05) is 6.61 Å². The minimum Gasteiger partial charge on any atom is -0.488 e. The van der Waals surface area contributed by atoms with E-state index in [-0.39, 0.29) is 12.4 Å². The first kappa shape index (κ1) is 19.3. The van der Waals surface area contributed by atoms with Gasteiger partial charge in [0.1, 0.15) is 6.61 Å². The number of aryl methyl sites for hydroxylation is 1. The molecule has 2 nitrogen and oxygen atoms in total. The maximum atomic E-state index is 13.1. The van der Waals surface area contributed by atoms with Crippen molar-refractivity contribution in [3.05, 3.63) is 29.6 Å². The van der Waals surface area contributed by atoms with Gasteiger partial charge < -0.3 is 9.84 Å². The lowest BCUT2D eigenvalue weighted by Crippen LogP contribution is -2.28. The maximum absolute atomic E-state index is 13.1. The number of hydrogen-bond acceptors (Lipinski definition) is 2.